The molecule has 0 saturated carbocycles. The Bertz CT molecular complexity index is 1350. The van der Waals surface area contributed by atoms with Gasteiger partial charge in [-0.15, -0.1) is 0 Å². The molecule has 0 aliphatic carbocycles. The van der Waals surface area contributed by atoms with Crippen LogP contribution in [0, 0.1) is 0 Å². The van der Waals surface area contributed by atoms with Crippen molar-refractivity contribution in [1.29, 1.82) is 0 Å². The van der Waals surface area contributed by atoms with Crippen molar-refractivity contribution in [3.8, 4) is 11.5 Å². The molecule has 148 valence electrons. The first-order valence-corrected chi connectivity index (χ1v) is 10.8. The number of fused-ring (bicyclic) bond motifs is 1. The summed E-state index contributed by atoms with van der Waals surface area (Å²) >= 11 is 0. The van der Waals surface area contributed by atoms with Crippen LogP contribution in [0.4, 0.5) is 0 Å². The van der Waals surface area contributed by atoms with Crippen LogP contribution in [0.5, 0.6) is 11.5 Å². The molecule has 1 atom stereocenters. The highest BCUT2D eigenvalue weighted by molar-refractivity contribution is 7.91. The van der Waals surface area contributed by atoms with E-state index in [4.69, 9.17) is 15.2 Å². The lowest BCUT2D eigenvalue weighted by Crippen LogP contribution is -2.22. The predicted octanol–water partition coefficient (Wildman–Crippen LogP) is 3.10. The Hall–Kier alpha value is -3.10. The quantitative estimate of drug-likeness (QED) is 0.520. The van der Waals surface area contributed by atoms with Crippen LogP contribution in [-0.4, -0.2) is 31.0 Å². The monoisotopic (exact) mass is 409 g/mol. The number of rotatable bonds is 4. The Labute approximate surface area is 167 Å². The van der Waals surface area contributed by atoms with Gasteiger partial charge in [-0.25, -0.2) is 8.42 Å². The lowest BCUT2D eigenvalue weighted by molar-refractivity contribution is 0.227. The van der Waals surface area contributed by atoms with Gasteiger partial charge in [0.05, 0.1) is 11.4 Å². The van der Waals surface area contributed by atoms with Gasteiger partial charge in [0.1, 0.15) is 29.9 Å². The number of benzene rings is 3. The maximum Gasteiger partial charge on any atom is 0.226 e. The van der Waals surface area contributed by atoms with Gasteiger partial charge in [0.25, 0.3) is 0 Å². The van der Waals surface area contributed by atoms with Gasteiger partial charge in [-0.1, -0.05) is 36.4 Å². The zero-order valence-corrected chi connectivity index (χ0v) is 16.5. The highest BCUT2D eigenvalue weighted by Crippen LogP contribution is 2.39. The summed E-state index contributed by atoms with van der Waals surface area (Å²) in [4.78, 5) is 0.224. The fraction of sp³-hybridized carbons (Fsp3) is 0.190. The molecule has 3 aromatic carbocycles. The summed E-state index contributed by atoms with van der Waals surface area (Å²) in [6, 6.07) is 16.0. The van der Waals surface area contributed by atoms with Gasteiger partial charge in [-0.2, -0.15) is 5.10 Å². The predicted molar refractivity (Wildman–Crippen MR) is 109 cm³/mol. The Balaban J connectivity index is 1.79. The average Bonchev–Trinajstić information content (AvgIpc) is 3.08. The van der Waals surface area contributed by atoms with Crippen molar-refractivity contribution in [3.63, 3.8) is 0 Å². The minimum absolute atomic E-state index is 0.00859. The smallest absolute Gasteiger partial charge is 0.226 e. The number of nitrogens with zero attached hydrogens (tertiary/aromatic N) is 2. The topological polar surface area (TPSA) is 96.4 Å². The molecule has 1 aliphatic rings. The van der Waals surface area contributed by atoms with Gasteiger partial charge in [-0.3, -0.25) is 10.4 Å². The van der Waals surface area contributed by atoms with Gasteiger partial charge in [0, 0.05) is 16.8 Å². The second kappa shape index (κ2) is 6.47. The van der Waals surface area contributed by atoms with E-state index in [9.17, 15) is 8.42 Å². The van der Waals surface area contributed by atoms with Crippen LogP contribution in [0.25, 0.3) is 21.7 Å². The second-order valence-electron chi connectivity index (χ2n) is 7.00. The van der Waals surface area contributed by atoms with E-state index in [1.165, 1.54) is 0 Å². The Kier molecular flexibility index (Phi) is 4.01. The fourth-order valence-corrected chi connectivity index (χ4v) is 5.35. The van der Waals surface area contributed by atoms with Crippen molar-refractivity contribution >= 4 is 31.5 Å². The largest absolute Gasteiger partial charge is 0.489 e. The van der Waals surface area contributed by atoms with Gasteiger partial charge >= 0.3 is 0 Å². The van der Waals surface area contributed by atoms with E-state index >= 15 is 0 Å². The summed E-state index contributed by atoms with van der Waals surface area (Å²) in [6.07, 6.45) is -0.545. The molecule has 0 spiro atoms. The summed E-state index contributed by atoms with van der Waals surface area (Å²) in [6.45, 7) is 2.58. The van der Waals surface area contributed by atoms with Gasteiger partial charge in [-0.05, 0) is 24.4 Å². The lowest BCUT2D eigenvalue weighted by atomic mass is 10.1. The number of ether oxygens (including phenoxy) is 2. The summed E-state index contributed by atoms with van der Waals surface area (Å²) < 4.78 is 40.4. The molecule has 4 aromatic rings. The zero-order valence-electron chi connectivity index (χ0n) is 15.7. The first-order chi connectivity index (χ1) is 13.9. The lowest BCUT2D eigenvalue weighted by Gasteiger charge is -2.17. The van der Waals surface area contributed by atoms with E-state index < -0.39 is 16.1 Å². The number of sulfone groups is 1. The minimum atomic E-state index is -3.89. The van der Waals surface area contributed by atoms with E-state index in [-0.39, 0.29) is 9.92 Å². The molecule has 2 heterocycles. The Morgan fingerprint density at radius 3 is 2.76 bits per heavy atom. The van der Waals surface area contributed by atoms with Crippen LogP contribution in [0.1, 0.15) is 6.92 Å². The highest BCUT2D eigenvalue weighted by Gasteiger charge is 2.30. The maximum absolute atomic E-state index is 13.7. The first kappa shape index (κ1) is 18.0. The standard InChI is InChI=1S/C21H19N3O4S/c1-13(22)28-15-11-17-20-18(12-15)27-10-9-24(20)23-21(17)29(25,26)19-8-4-6-14-5-2-3-7-16(14)19/h2-8,11-13H,9-10,22H2,1H3. The van der Waals surface area contributed by atoms with E-state index in [1.807, 2.05) is 24.3 Å². The third-order valence-electron chi connectivity index (χ3n) is 4.92. The molecule has 1 aliphatic heterocycles. The molecule has 8 heteroatoms. The van der Waals surface area contributed by atoms with Crippen molar-refractivity contribution in [2.75, 3.05) is 6.61 Å². The van der Waals surface area contributed by atoms with Crippen LogP contribution >= 0.6 is 0 Å². The molecule has 0 fully saturated rings. The number of hydrogen-bond acceptors (Lipinski definition) is 6. The molecule has 29 heavy (non-hydrogen) atoms. The highest BCUT2D eigenvalue weighted by atomic mass is 32.2. The van der Waals surface area contributed by atoms with Crippen molar-refractivity contribution in [1.82, 2.24) is 9.78 Å². The van der Waals surface area contributed by atoms with E-state index in [1.54, 1.807) is 41.9 Å². The molecule has 0 bridgehead atoms. The summed E-state index contributed by atoms with van der Waals surface area (Å²) in [5.41, 5.74) is 6.40. The van der Waals surface area contributed by atoms with Gasteiger partial charge in [0.2, 0.25) is 9.84 Å². The summed E-state index contributed by atoms with van der Waals surface area (Å²) in [5.74, 6) is 0.981. The first-order valence-electron chi connectivity index (χ1n) is 9.27. The third kappa shape index (κ3) is 2.83. The van der Waals surface area contributed by atoms with Gasteiger partial charge < -0.3 is 9.47 Å². The van der Waals surface area contributed by atoms with Gasteiger partial charge in [0.15, 0.2) is 5.03 Å². The van der Waals surface area contributed by atoms with Crippen LogP contribution in [0.2, 0.25) is 0 Å². The molecule has 5 rings (SSSR count). The maximum atomic E-state index is 13.7. The molecule has 1 aromatic heterocycles. The number of hydrogen-bond donors (Lipinski definition) is 1. The summed E-state index contributed by atoms with van der Waals surface area (Å²) in [5, 5.41) is 6.42. The van der Waals surface area contributed by atoms with Crippen LogP contribution in [0.15, 0.2) is 64.5 Å². The van der Waals surface area contributed by atoms with E-state index in [0.29, 0.717) is 40.9 Å². The molecule has 1 unspecified atom stereocenters. The molecule has 0 radical (unpaired) electrons. The average molecular weight is 409 g/mol. The molecular weight excluding hydrogens is 390 g/mol. The van der Waals surface area contributed by atoms with Crippen LogP contribution < -0.4 is 15.2 Å². The van der Waals surface area contributed by atoms with Crippen molar-refractivity contribution in [2.45, 2.75) is 29.6 Å². The van der Waals surface area contributed by atoms with Crippen molar-refractivity contribution in [2.24, 2.45) is 5.73 Å². The normalized spacial score (nSPS) is 14.7. The SMILES string of the molecule is CC(N)Oc1cc2c3c(c1)c(S(=O)(=O)c1cccc4ccccc14)nn3CCO2. The number of aromatic nitrogens is 2. The minimum Gasteiger partial charge on any atom is -0.489 e. The molecule has 2 N–H and O–H groups in total. The third-order valence-corrected chi connectivity index (χ3v) is 6.67. The molecule has 7 nitrogen and oxygen atoms in total. The Morgan fingerprint density at radius 2 is 1.93 bits per heavy atom. The van der Waals surface area contributed by atoms with Crippen molar-refractivity contribution in [3.05, 3.63) is 54.6 Å². The Morgan fingerprint density at radius 1 is 1.14 bits per heavy atom. The number of nitrogens with two attached hydrogens (primary N) is 1. The summed E-state index contributed by atoms with van der Waals surface area (Å²) in [7, 11) is -3.89. The zero-order chi connectivity index (χ0) is 20.2. The fourth-order valence-electron chi connectivity index (χ4n) is 3.75. The van der Waals surface area contributed by atoms with Crippen LogP contribution in [-0.2, 0) is 16.4 Å². The molecular formula is C21H19N3O4S. The van der Waals surface area contributed by atoms with E-state index in [2.05, 4.69) is 5.10 Å². The van der Waals surface area contributed by atoms with Crippen molar-refractivity contribution < 1.29 is 17.9 Å². The molecule has 0 amide bonds. The second-order valence-corrected chi connectivity index (χ2v) is 8.83. The van der Waals surface area contributed by atoms with E-state index in [0.717, 1.165) is 5.39 Å². The molecule has 0 saturated heterocycles. The van der Waals surface area contributed by atoms with Crippen LogP contribution in [0.3, 0.4) is 0 Å².